The highest BCUT2D eigenvalue weighted by atomic mass is 35.5. The smallest absolute Gasteiger partial charge is 0.412 e. The first-order chi connectivity index (χ1) is 40.6. The molecular weight excluding hydrogens is 1170 g/mol. The number of primary amides is 1. The molecule has 1 unspecified atom stereocenters. The molecule has 10 atom stereocenters. The van der Waals surface area contributed by atoms with Gasteiger partial charge in [-0.2, -0.15) is 0 Å². The van der Waals surface area contributed by atoms with Gasteiger partial charge in [-0.15, -0.1) is 5.06 Å². The van der Waals surface area contributed by atoms with Crippen LogP contribution >= 0.6 is 23.2 Å². The van der Waals surface area contributed by atoms with Crippen molar-refractivity contribution in [1.29, 1.82) is 0 Å². The number of anilines is 3. The van der Waals surface area contributed by atoms with E-state index in [-0.39, 0.29) is 85.1 Å². The summed E-state index contributed by atoms with van der Waals surface area (Å²) in [5.74, 6) is -5.77. The maximum Gasteiger partial charge on any atom is 0.412 e. The van der Waals surface area contributed by atoms with E-state index in [1.165, 1.54) is 33.3 Å². The number of rotatable bonds is 22. The van der Waals surface area contributed by atoms with E-state index in [1.807, 2.05) is 6.92 Å². The summed E-state index contributed by atoms with van der Waals surface area (Å²) in [4.78, 5) is 123. The normalized spacial score (nSPS) is 25.1. The van der Waals surface area contributed by atoms with Crippen molar-refractivity contribution in [2.45, 2.75) is 152 Å². The maximum absolute atomic E-state index is 16.2. The zero-order chi connectivity index (χ0) is 63.4. The predicted molar refractivity (Wildman–Crippen MR) is 310 cm³/mol. The fraction of sp³-hybridized carbons (Fsp3) is 0.526. The molecule has 470 valence electrons. The summed E-state index contributed by atoms with van der Waals surface area (Å²) < 4.78 is 50.8. The van der Waals surface area contributed by atoms with E-state index in [9.17, 15) is 48.3 Å². The number of aliphatic hydroxyl groups is 1. The molecule has 2 aromatic rings. The molecule has 4 aliphatic heterocycles. The molecule has 0 aliphatic carbocycles. The van der Waals surface area contributed by atoms with Crippen LogP contribution in [0.4, 0.5) is 35.8 Å². The Morgan fingerprint density at radius 2 is 1.66 bits per heavy atom. The number of fused-ring (bicyclic) bond motifs is 5. The average molecular weight is 1250 g/mol. The molecule has 26 nitrogen and oxygen atoms in total. The van der Waals surface area contributed by atoms with Gasteiger partial charge in [0.25, 0.3) is 11.8 Å². The number of imide groups is 1. The first-order valence-electron chi connectivity index (χ1n) is 27.6. The zero-order valence-corrected chi connectivity index (χ0v) is 50.4. The number of urea groups is 1. The van der Waals surface area contributed by atoms with Crippen molar-refractivity contribution in [2.75, 3.05) is 50.5 Å². The van der Waals surface area contributed by atoms with Crippen LogP contribution in [0.2, 0.25) is 10.0 Å². The Morgan fingerprint density at radius 3 is 2.33 bits per heavy atom. The van der Waals surface area contributed by atoms with Gasteiger partial charge in [0.2, 0.25) is 17.7 Å². The van der Waals surface area contributed by atoms with Gasteiger partial charge in [-0.25, -0.2) is 23.6 Å². The summed E-state index contributed by atoms with van der Waals surface area (Å²) in [6.45, 7) is 10.7. The molecular formula is C57H74Cl2FN9O17. The van der Waals surface area contributed by atoms with Crippen LogP contribution in [0.15, 0.2) is 60.3 Å². The third kappa shape index (κ3) is 17.3. The largest absolute Gasteiger partial charge is 0.495 e. The standard InChI is InChI=1S/C57H74Cl2FN9O17/c1-29-14-12-17-42(82-9)57(79)28-41(83-55(78)67-57)31(3)50-56(5,85-50)43(27-46(72)68(6)39-23-33(22-29)24-40(81-8)48(39)59)84-54(77)66-37-26-35(60)38(25-34(37)58)65-51(74)36(16-13-21-62-53(61)76)64-52(75)49(32(4)80-7)63-30(2)15-10-11-18-47(73)86-69-44(70)19-20-45(69)71/h12,14,17,23-26,31-32,36,41-43,49-50,63,79H,2,10-11,13,15-16,18-22,27-28H2,1,3-9H3,(H,64,75)(H,65,74)(H,66,77)(H,67,78)(H3,61,62,76)/b17-12+,29-14+/t31-,32?,36+,41+,42-,43+,49+,50+,56+,57+/m1/s1. The second kappa shape index (κ2) is 29.7. The highest BCUT2D eigenvalue weighted by molar-refractivity contribution is 6.35. The summed E-state index contributed by atoms with van der Waals surface area (Å²) >= 11 is 13.5. The lowest BCUT2D eigenvalue weighted by atomic mass is 9.83. The predicted octanol–water partition coefficient (Wildman–Crippen LogP) is 5.71. The van der Waals surface area contributed by atoms with Crippen LogP contribution in [-0.4, -0.2) is 153 Å². The first-order valence-corrected chi connectivity index (χ1v) is 28.4. The van der Waals surface area contributed by atoms with Gasteiger partial charge in [-0.1, -0.05) is 60.5 Å². The number of nitrogens with two attached hydrogens (primary N) is 1. The lowest BCUT2D eigenvalue weighted by Crippen LogP contribution is -2.63. The number of hydroxylamine groups is 2. The Labute approximate surface area is 506 Å². The number of hydrogen-bond donors (Lipinski definition) is 8. The number of amides is 9. The molecule has 0 spiro atoms. The van der Waals surface area contributed by atoms with Gasteiger partial charge < -0.3 is 70.3 Å². The van der Waals surface area contributed by atoms with Crippen molar-refractivity contribution in [3.8, 4) is 5.75 Å². The van der Waals surface area contributed by atoms with Gasteiger partial charge in [0.15, 0.2) is 5.72 Å². The van der Waals surface area contributed by atoms with Crippen molar-refractivity contribution in [3.63, 3.8) is 0 Å². The Morgan fingerprint density at radius 1 is 0.965 bits per heavy atom. The summed E-state index contributed by atoms with van der Waals surface area (Å²) in [5, 5.41) is 27.5. The molecule has 0 radical (unpaired) electrons. The van der Waals surface area contributed by atoms with Gasteiger partial charge >= 0.3 is 24.2 Å². The lowest BCUT2D eigenvalue weighted by Gasteiger charge is -2.42. The first kappa shape index (κ1) is 67.6. The summed E-state index contributed by atoms with van der Waals surface area (Å²) in [6, 6.07) is 1.86. The second-order valence-corrected chi connectivity index (χ2v) is 22.3. The monoisotopic (exact) mass is 1250 g/mol. The van der Waals surface area contributed by atoms with Crippen LogP contribution in [0.1, 0.15) is 97.5 Å². The van der Waals surface area contributed by atoms with E-state index in [0.717, 1.165) is 17.7 Å². The SMILES string of the molecule is C=C(CCCCC(=O)ON1C(=O)CCC1=O)N[C@H](C(=O)N[C@@H](CCCNC(N)=O)C(=O)Nc1cc(Cl)c(NC(=O)O[C@H]2CC(=O)N(C)c3cc(cc(OC)c3Cl)C/C(C)=C/C=C/[C@@H](OC)[C@@]3(O)C[C@H](OC(=O)N3)[C@@H](C)[C@@H]3O[C@@]23C)cc1F)C(C)OC. The molecule has 3 fully saturated rings. The van der Waals surface area contributed by atoms with Crippen molar-refractivity contribution in [1.82, 2.24) is 26.3 Å². The number of unbranched alkanes of at least 4 members (excludes halogenated alkanes) is 1. The topological polar surface area (TPSA) is 346 Å². The molecule has 3 saturated heterocycles. The van der Waals surface area contributed by atoms with E-state index in [1.54, 1.807) is 51.1 Å². The highest BCUT2D eigenvalue weighted by Crippen LogP contribution is 2.49. The number of ether oxygens (including phenoxy) is 6. The van der Waals surface area contributed by atoms with Gasteiger partial charge in [0, 0.05) is 71.2 Å². The van der Waals surface area contributed by atoms with Gasteiger partial charge in [-0.3, -0.25) is 34.6 Å². The molecule has 29 heteroatoms. The summed E-state index contributed by atoms with van der Waals surface area (Å²) in [5.41, 5.74) is 3.20. The number of hydrogen-bond acceptors (Lipinski definition) is 18. The third-order valence-electron chi connectivity index (χ3n) is 15.1. The van der Waals surface area contributed by atoms with E-state index < -0.39 is 131 Å². The lowest BCUT2D eigenvalue weighted by molar-refractivity contribution is -0.197. The quantitative estimate of drug-likeness (QED) is 0.0397. The molecule has 4 heterocycles. The molecule has 9 amide bonds. The van der Waals surface area contributed by atoms with Crippen LogP contribution < -0.4 is 47.3 Å². The zero-order valence-electron chi connectivity index (χ0n) is 48.9. The number of epoxide rings is 1. The minimum absolute atomic E-state index is 0.00603. The van der Waals surface area contributed by atoms with E-state index in [4.69, 9.17) is 62.2 Å². The van der Waals surface area contributed by atoms with Crippen LogP contribution in [0.5, 0.6) is 5.75 Å². The maximum atomic E-state index is 16.2. The van der Waals surface area contributed by atoms with Crippen LogP contribution in [-0.2, 0) is 63.7 Å². The van der Waals surface area contributed by atoms with Crippen molar-refractivity contribution in [2.24, 2.45) is 11.7 Å². The summed E-state index contributed by atoms with van der Waals surface area (Å²) in [6.07, 6.45) is -1.84. The third-order valence-corrected chi connectivity index (χ3v) is 15.8. The molecule has 2 aromatic carbocycles. The molecule has 0 aromatic heterocycles. The van der Waals surface area contributed by atoms with E-state index >= 15 is 4.39 Å². The highest BCUT2D eigenvalue weighted by Gasteiger charge is 2.64. The Hall–Kier alpha value is -7.56. The van der Waals surface area contributed by atoms with Crippen LogP contribution in [0.3, 0.4) is 0 Å². The average Bonchev–Trinajstić information content (AvgIpc) is 1.62. The minimum atomic E-state index is -1.95. The number of halogens is 3. The summed E-state index contributed by atoms with van der Waals surface area (Å²) in [7, 11) is 5.63. The second-order valence-electron chi connectivity index (χ2n) is 21.5. The van der Waals surface area contributed by atoms with Crippen molar-refractivity contribution >= 4 is 94.0 Å². The van der Waals surface area contributed by atoms with Crippen molar-refractivity contribution in [3.05, 3.63) is 81.8 Å². The number of alkyl carbamates (subject to hydrolysis) is 1. The number of methoxy groups -OCH3 is 3. The Bertz CT molecular complexity index is 2990. The minimum Gasteiger partial charge on any atom is -0.495 e. The molecule has 4 bridgehead atoms. The fourth-order valence-corrected chi connectivity index (χ4v) is 10.6. The number of carbonyl (C=O) groups is 9. The van der Waals surface area contributed by atoms with Gasteiger partial charge in [0.05, 0.1) is 47.8 Å². The fourth-order valence-electron chi connectivity index (χ4n) is 10.1. The molecule has 86 heavy (non-hydrogen) atoms. The molecule has 6 rings (SSSR count). The van der Waals surface area contributed by atoms with Crippen LogP contribution in [0.25, 0.3) is 0 Å². The number of benzene rings is 2. The number of nitrogens with one attached hydrogen (secondary N) is 6. The molecule has 9 N–H and O–H groups in total. The Balaban J connectivity index is 1.18. The van der Waals surface area contributed by atoms with Crippen LogP contribution in [0, 0.1) is 11.7 Å². The van der Waals surface area contributed by atoms with E-state index in [0.29, 0.717) is 29.2 Å². The molecule has 0 saturated carbocycles. The number of carbonyl (C=O) groups excluding carboxylic acids is 9. The van der Waals surface area contributed by atoms with Gasteiger partial charge in [0.1, 0.15) is 52.6 Å². The number of allylic oxidation sites excluding steroid dienone is 4. The van der Waals surface area contributed by atoms with Crippen molar-refractivity contribution < 1.29 is 85.9 Å². The van der Waals surface area contributed by atoms with E-state index in [2.05, 4.69) is 38.5 Å². The molecule has 4 aliphatic rings. The Kier molecular flexibility index (Phi) is 23.3. The number of nitrogens with zero attached hydrogens (tertiary/aromatic N) is 2. The van der Waals surface area contributed by atoms with Gasteiger partial charge in [-0.05, 0) is 83.1 Å².